The number of nitrogens with one attached hydrogen (secondary N) is 1. The molecule has 0 heterocycles. The SMILES string of the molecule is COCC(CO)NC(=O)C1CCCCCC1. The second kappa shape index (κ2) is 7.63. The quantitative estimate of drug-likeness (QED) is 0.694. The van der Waals surface area contributed by atoms with Crippen molar-refractivity contribution < 1.29 is 14.6 Å². The summed E-state index contributed by atoms with van der Waals surface area (Å²) in [5.74, 6) is 0.214. The molecule has 1 fully saturated rings. The summed E-state index contributed by atoms with van der Waals surface area (Å²) < 4.78 is 4.93. The van der Waals surface area contributed by atoms with E-state index in [4.69, 9.17) is 9.84 Å². The zero-order valence-electron chi connectivity index (χ0n) is 10.1. The molecule has 1 rings (SSSR count). The minimum Gasteiger partial charge on any atom is -0.394 e. The summed E-state index contributed by atoms with van der Waals surface area (Å²) in [5.41, 5.74) is 0. The van der Waals surface area contributed by atoms with Crippen molar-refractivity contribution in [3.05, 3.63) is 0 Å². The second-order valence-electron chi connectivity index (χ2n) is 4.53. The molecule has 0 bridgehead atoms. The lowest BCUT2D eigenvalue weighted by Gasteiger charge is -2.19. The maximum atomic E-state index is 11.9. The van der Waals surface area contributed by atoms with Crippen LogP contribution >= 0.6 is 0 Å². The van der Waals surface area contributed by atoms with Crippen molar-refractivity contribution in [1.82, 2.24) is 5.32 Å². The molecule has 1 unspecified atom stereocenters. The van der Waals surface area contributed by atoms with Crippen LogP contribution in [0.15, 0.2) is 0 Å². The minimum atomic E-state index is -0.263. The number of carbonyl (C=O) groups excluding carboxylic acids is 1. The first-order valence-corrected chi connectivity index (χ1v) is 6.18. The van der Waals surface area contributed by atoms with Crippen LogP contribution in [0.4, 0.5) is 0 Å². The van der Waals surface area contributed by atoms with Crippen molar-refractivity contribution in [2.75, 3.05) is 20.3 Å². The standard InChI is InChI=1S/C12H23NO3/c1-16-9-11(8-14)13-12(15)10-6-4-2-3-5-7-10/h10-11,14H,2-9H2,1H3,(H,13,15). The number of methoxy groups -OCH3 is 1. The van der Waals surface area contributed by atoms with E-state index < -0.39 is 0 Å². The van der Waals surface area contributed by atoms with E-state index in [0.717, 1.165) is 25.7 Å². The highest BCUT2D eigenvalue weighted by atomic mass is 16.5. The molecule has 1 amide bonds. The van der Waals surface area contributed by atoms with Gasteiger partial charge in [0.05, 0.1) is 19.3 Å². The number of amides is 1. The molecule has 0 spiro atoms. The number of hydrogen-bond acceptors (Lipinski definition) is 3. The lowest BCUT2D eigenvalue weighted by atomic mass is 9.99. The van der Waals surface area contributed by atoms with Crippen LogP contribution in [-0.4, -0.2) is 37.4 Å². The highest BCUT2D eigenvalue weighted by molar-refractivity contribution is 5.78. The van der Waals surface area contributed by atoms with Crippen LogP contribution < -0.4 is 5.32 Å². The molecule has 0 saturated heterocycles. The van der Waals surface area contributed by atoms with Gasteiger partial charge in [0.15, 0.2) is 0 Å². The van der Waals surface area contributed by atoms with Gasteiger partial charge in [0.2, 0.25) is 5.91 Å². The second-order valence-corrected chi connectivity index (χ2v) is 4.53. The molecule has 1 saturated carbocycles. The molecular formula is C12H23NO3. The molecule has 0 aromatic rings. The third kappa shape index (κ3) is 4.49. The van der Waals surface area contributed by atoms with Crippen LogP contribution in [0.3, 0.4) is 0 Å². The van der Waals surface area contributed by atoms with Gasteiger partial charge in [-0.15, -0.1) is 0 Å². The van der Waals surface area contributed by atoms with E-state index >= 15 is 0 Å². The summed E-state index contributed by atoms with van der Waals surface area (Å²) in [7, 11) is 1.57. The van der Waals surface area contributed by atoms with Crippen molar-refractivity contribution in [2.24, 2.45) is 5.92 Å². The Hall–Kier alpha value is -0.610. The summed E-state index contributed by atoms with van der Waals surface area (Å²) in [4.78, 5) is 11.9. The third-order valence-electron chi connectivity index (χ3n) is 3.16. The van der Waals surface area contributed by atoms with Gasteiger partial charge in [-0.25, -0.2) is 0 Å². The fourth-order valence-corrected chi connectivity index (χ4v) is 2.20. The zero-order chi connectivity index (χ0) is 11.8. The van der Waals surface area contributed by atoms with Gasteiger partial charge in [-0.1, -0.05) is 25.7 Å². The Balaban J connectivity index is 2.36. The number of carbonyl (C=O) groups is 1. The summed E-state index contributed by atoms with van der Waals surface area (Å²) in [5, 5.41) is 11.9. The van der Waals surface area contributed by atoms with Crippen molar-refractivity contribution >= 4 is 5.91 Å². The van der Waals surface area contributed by atoms with Gasteiger partial charge in [0, 0.05) is 13.0 Å². The lowest BCUT2D eigenvalue weighted by Crippen LogP contribution is -2.43. The monoisotopic (exact) mass is 229 g/mol. The molecule has 0 aliphatic heterocycles. The molecule has 94 valence electrons. The normalized spacial score (nSPS) is 20.1. The van der Waals surface area contributed by atoms with Crippen molar-refractivity contribution in [1.29, 1.82) is 0 Å². The highest BCUT2D eigenvalue weighted by Gasteiger charge is 2.22. The van der Waals surface area contributed by atoms with Gasteiger partial charge >= 0.3 is 0 Å². The molecule has 0 aromatic carbocycles. The van der Waals surface area contributed by atoms with Gasteiger partial charge in [-0.2, -0.15) is 0 Å². The molecular weight excluding hydrogens is 206 g/mol. The van der Waals surface area contributed by atoms with Crippen LogP contribution in [0, 0.1) is 5.92 Å². The van der Waals surface area contributed by atoms with Crippen LogP contribution in [0.5, 0.6) is 0 Å². The van der Waals surface area contributed by atoms with E-state index in [1.807, 2.05) is 0 Å². The van der Waals surface area contributed by atoms with E-state index in [1.54, 1.807) is 7.11 Å². The van der Waals surface area contributed by atoms with Crippen LogP contribution in [-0.2, 0) is 9.53 Å². The molecule has 16 heavy (non-hydrogen) atoms. The average Bonchev–Trinajstić information content (AvgIpc) is 2.56. The molecule has 1 aliphatic rings. The van der Waals surface area contributed by atoms with Gasteiger partial charge in [-0.3, -0.25) is 4.79 Å². The van der Waals surface area contributed by atoms with E-state index in [1.165, 1.54) is 12.8 Å². The van der Waals surface area contributed by atoms with E-state index in [-0.39, 0.29) is 24.5 Å². The molecule has 1 aliphatic carbocycles. The highest BCUT2D eigenvalue weighted by Crippen LogP contribution is 2.22. The van der Waals surface area contributed by atoms with Gasteiger partial charge in [0.1, 0.15) is 0 Å². The fraction of sp³-hybridized carbons (Fsp3) is 0.917. The summed E-state index contributed by atoms with van der Waals surface area (Å²) in [6.45, 7) is 0.307. The average molecular weight is 229 g/mol. The Bertz CT molecular complexity index is 200. The first kappa shape index (κ1) is 13.5. The maximum Gasteiger partial charge on any atom is 0.223 e. The van der Waals surface area contributed by atoms with Gasteiger partial charge < -0.3 is 15.2 Å². The summed E-state index contributed by atoms with van der Waals surface area (Å²) in [6, 6.07) is -0.263. The van der Waals surface area contributed by atoms with Gasteiger partial charge in [0.25, 0.3) is 0 Å². The number of ether oxygens (including phenoxy) is 1. The van der Waals surface area contributed by atoms with Crippen molar-refractivity contribution in [3.63, 3.8) is 0 Å². The van der Waals surface area contributed by atoms with Crippen LogP contribution in [0.1, 0.15) is 38.5 Å². The number of aliphatic hydroxyl groups is 1. The largest absolute Gasteiger partial charge is 0.394 e. The van der Waals surface area contributed by atoms with E-state index in [0.29, 0.717) is 6.61 Å². The zero-order valence-corrected chi connectivity index (χ0v) is 10.1. The Morgan fingerprint density at radius 3 is 2.50 bits per heavy atom. The smallest absolute Gasteiger partial charge is 0.223 e. The topological polar surface area (TPSA) is 58.6 Å². The molecule has 4 nitrogen and oxygen atoms in total. The first-order valence-electron chi connectivity index (χ1n) is 6.18. The molecule has 2 N–H and O–H groups in total. The van der Waals surface area contributed by atoms with E-state index in [9.17, 15) is 4.79 Å². The Morgan fingerprint density at radius 1 is 1.38 bits per heavy atom. The number of rotatable bonds is 5. The van der Waals surface area contributed by atoms with Crippen molar-refractivity contribution in [3.8, 4) is 0 Å². The molecule has 0 radical (unpaired) electrons. The number of aliphatic hydroxyl groups excluding tert-OH is 1. The minimum absolute atomic E-state index is 0.0632. The molecule has 1 atom stereocenters. The van der Waals surface area contributed by atoms with E-state index in [2.05, 4.69) is 5.32 Å². The van der Waals surface area contributed by atoms with Crippen LogP contribution in [0.2, 0.25) is 0 Å². The number of hydrogen-bond donors (Lipinski definition) is 2. The predicted molar refractivity (Wildman–Crippen MR) is 62.1 cm³/mol. The Morgan fingerprint density at radius 2 is 2.00 bits per heavy atom. The first-order chi connectivity index (χ1) is 7.77. The van der Waals surface area contributed by atoms with Crippen molar-refractivity contribution in [2.45, 2.75) is 44.6 Å². The Kier molecular flexibility index (Phi) is 6.42. The molecule has 4 heteroatoms. The molecule has 0 aromatic heterocycles. The van der Waals surface area contributed by atoms with Gasteiger partial charge in [-0.05, 0) is 12.8 Å². The maximum absolute atomic E-state index is 11.9. The third-order valence-corrected chi connectivity index (χ3v) is 3.16. The summed E-state index contributed by atoms with van der Waals surface area (Å²) >= 11 is 0. The lowest BCUT2D eigenvalue weighted by molar-refractivity contribution is -0.126. The fourth-order valence-electron chi connectivity index (χ4n) is 2.20. The predicted octanol–water partition coefficient (Wildman–Crippen LogP) is 1.08. The summed E-state index contributed by atoms with van der Waals surface area (Å²) in [6.07, 6.45) is 6.74. The van der Waals surface area contributed by atoms with Crippen LogP contribution in [0.25, 0.3) is 0 Å². The Labute approximate surface area is 97.4 Å².